The first-order chi connectivity index (χ1) is 10.3. The van der Waals surface area contributed by atoms with Crippen molar-refractivity contribution >= 4 is 32.3 Å². The highest BCUT2D eigenvalue weighted by Gasteiger charge is 2.13. The van der Waals surface area contributed by atoms with Crippen molar-refractivity contribution in [3.8, 4) is 0 Å². The zero-order valence-electron chi connectivity index (χ0n) is 12.7. The van der Waals surface area contributed by atoms with E-state index in [9.17, 15) is 0 Å². The summed E-state index contributed by atoms with van der Waals surface area (Å²) in [6.45, 7) is 4.63. The lowest BCUT2D eigenvalue weighted by Crippen LogP contribution is -1.95. The molecule has 1 unspecified atom stereocenters. The molecule has 104 valence electrons. The van der Waals surface area contributed by atoms with Crippen molar-refractivity contribution in [3.05, 3.63) is 60.2 Å². The van der Waals surface area contributed by atoms with Crippen LogP contribution in [0.25, 0.3) is 32.3 Å². The summed E-state index contributed by atoms with van der Waals surface area (Å²) in [7, 11) is 0. The first-order valence-electron chi connectivity index (χ1n) is 7.96. The summed E-state index contributed by atoms with van der Waals surface area (Å²) in [5, 5.41) is 8.39. The van der Waals surface area contributed by atoms with E-state index in [1.807, 2.05) is 0 Å². The monoisotopic (exact) mass is 272 g/mol. The van der Waals surface area contributed by atoms with Crippen molar-refractivity contribution in [3.63, 3.8) is 0 Å². The Morgan fingerprint density at radius 3 is 2.10 bits per heavy atom. The van der Waals surface area contributed by atoms with Crippen LogP contribution < -0.4 is 0 Å². The summed E-state index contributed by atoms with van der Waals surface area (Å²) in [4.78, 5) is 0. The van der Waals surface area contributed by atoms with Gasteiger partial charge >= 0.3 is 0 Å². The summed E-state index contributed by atoms with van der Waals surface area (Å²) in [6.07, 6.45) is 2.49. The van der Waals surface area contributed by atoms with Gasteiger partial charge in [0, 0.05) is 0 Å². The van der Waals surface area contributed by atoms with Crippen molar-refractivity contribution < 1.29 is 0 Å². The Bertz CT molecular complexity index is 901. The van der Waals surface area contributed by atoms with Crippen LogP contribution in [-0.2, 0) is 0 Å². The van der Waals surface area contributed by atoms with Crippen LogP contribution in [0.5, 0.6) is 0 Å². The van der Waals surface area contributed by atoms with Crippen LogP contribution >= 0.6 is 0 Å². The summed E-state index contributed by atoms with van der Waals surface area (Å²) in [5.74, 6) is 0.625. The van der Waals surface area contributed by atoms with E-state index in [4.69, 9.17) is 0 Å². The molecule has 0 aliphatic rings. The molecule has 0 saturated heterocycles. The van der Waals surface area contributed by atoms with Gasteiger partial charge in [-0.05, 0) is 50.2 Å². The number of hydrogen-bond donors (Lipinski definition) is 0. The Kier molecular flexibility index (Phi) is 2.85. The second kappa shape index (κ2) is 4.73. The highest BCUT2D eigenvalue weighted by Crippen LogP contribution is 2.38. The summed E-state index contributed by atoms with van der Waals surface area (Å²) in [6, 6.07) is 20.4. The Morgan fingerprint density at radius 2 is 1.38 bits per heavy atom. The average molecular weight is 272 g/mol. The van der Waals surface area contributed by atoms with Gasteiger partial charge in [0.25, 0.3) is 0 Å². The van der Waals surface area contributed by atoms with Crippen LogP contribution in [0, 0.1) is 0 Å². The van der Waals surface area contributed by atoms with Gasteiger partial charge in [0.05, 0.1) is 0 Å². The third kappa shape index (κ3) is 1.82. The minimum absolute atomic E-state index is 0.625. The molecule has 0 nitrogen and oxygen atoms in total. The second-order valence-corrected chi connectivity index (χ2v) is 6.20. The molecule has 0 amide bonds. The molecule has 0 aliphatic carbocycles. The van der Waals surface area contributed by atoms with E-state index in [2.05, 4.69) is 68.4 Å². The fourth-order valence-corrected chi connectivity index (χ4v) is 3.78. The van der Waals surface area contributed by atoms with Crippen LogP contribution in [-0.4, -0.2) is 0 Å². The maximum atomic E-state index is 2.36. The van der Waals surface area contributed by atoms with E-state index in [0.29, 0.717) is 5.92 Å². The lowest BCUT2D eigenvalue weighted by atomic mass is 9.87. The quantitative estimate of drug-likeness (QED) is 0.374. The Balaban J connectivity index is 2.15. The van der Waals surface area contributed by atoms with Gasteiger partial charge in [-0.1, -0.05) is 74.9 Å². The van der Waals surface area contributed by atoms with Gasteiger partial charge in [-0.25, -0.2) is 0 Å². The minimum atomic E-state index is 0.625. The van der Waals surface area contributed by atoms with E-state index in [0.717, 1.165) is 0 Å². The first kappa shape index (κ1) is 12.6. The van der Waals surface area contributed by atoms with Crippen LogP contribution in [0.1, 0.15) is 38.2 Å². The molecular weight excluding hydrogens is 252 g/mol. The van der Waals surface area contributed by atoms with Crippen LogP contribution in [0.3, 0.4) is 0 Å². The molecular formula is C21H20. The molecule has 0 aliphatic heterocycles. The third-order valence-corrected chi connectivity index (χ3v) is 4.81. The smallest absolute Gasteiger partial charge is 0.00239 e. The van der Waals surface area contributed by atoms with Crippen LogP contribution in [0.15, 0.2) is 54.6 Å². The summed E-state index contributed by atoms with van der Waals surface area (Å²) >= 11 is 0. The summed E-state index contributed by atoms with van der Waals surface area (Å²) in [5.41, 5.74) is 1.50. The zero-order valence-corrected chi connectivity index (χ0v) is 12.7. The topological polar surface area (TPSA) is 0 Å². The average Bonchev–Trinajstić information content (AvgIpc) is 2.52. The molecule has 0 N–H and O–H groups in total. The molecule has 21 heavy (non-hydrogen) atoms. The third-order valence-electron chi connectivity index (χ3n) is 4.81. The number of rotatable bonds is 3. The van der Waals surface area contributed by atoms with Crippen molar-refractivity contribution in [2.45, 2.75) is 32.6 Å². The number of benzene rings is 4. The van der Waals surface area contributed by atoms with E-state index in [-0.39, 0.29) is 0 Å². The Labute approximate surface area is 125 Å². The molecule has 4 aromatic carbocycles. The van der Waals surface area contributed by atoms with E-state index < -0.39 is 0 Å². The Morgan fingerprint density at radius 1 is 0.762 bits per heavy atom. The van der Waals surface area contributed by atoms with Crippen molar-refractivity contribution in [2.24, 2.45) is 0 Å². The maximum absolute atomic E-state index is 2.36. The SMILES string of the molecule is CCCC(C)c1ccc2ccc3cccc4ccc1c2c34. The van der Waals surface area contributed by atoms with Gasteiger partial charge in [-0.15, -0.1) is 0 Å². The van der Waals surface area contributed by atoms with Gasteiger partial charge in [0.15, 0.2) is 0 Å². The zero-order chi connectivity index (χ0) is 14.4. The molecule has 0 heteroatoms. The first-order valence-corrected chi connectivity index (χ1v) is 7.96. The standard InChI is InChI=1S/C21H20/c1-3-5-14(2)18-12-10-17-9-8-15-6-4-7-16-11-13-19(18)21(17)20(15)16/h4,6-14H,3,5H2,1-2H3. The molecule has 0 saturated carbocycles. The molecule has 0 spiro atoms. The largest absolute Gasteiger partial charge is 0.0654 e. The lowest BCUT2D eigenvalue weighted by molar-refractivity contribution is 0.669. The van der Waals surface area contributed by atoms with Crippen LogP contribution in [0.4, 0.5) is 0 Å². The molecule has 4 aromatic rings. The second-order valence-electron chi connectivity index (χ2n) is 6.20. The van der Waals surface area contributed by atoms with Gasteiger partial charge in [0.1, 0.15) is 0 Å². The van der Waals surface area contributed by atoms with E-state index in [1.54, 1.807) is 0 Å². The molecule has 0 fully saturated rings. The fraction of sp³-hybridized carbons (Fsp3) is 0.238. The molecule has 4 rings (SSSR count). The molecule has 0 aromatic heterocycles. The normalized spacial score (nSPS) is 13.4. The predicted molar refractivity (Wildman–Crippen MR) is 93.5 cm³/mol. The maximum Gasteiger partial charge on any atom is -0.00239 e. The van der Waals surface area contributed by atoms with Gasteiger partial charge in [0.2, 0.25) is 0 Å². The highest BCUT2D eigenvalue weighted by molar-refractivity contribution is 6.23. The number of hydrogen-bond acceptors (Lipinski definition) is 0. The summed E-state index contributed by atoms with van der Waals surface area (Å²) < 4.78 is 0. The van der Waals surface area contributed by atoms with Crippen molar-refractivity contribution in [1.29, 1.82) is 0 Å². The molecule has 0 bridgehead atoms. The predicted octanol–water partition coefficient (Wildman–Crippen LogP) is 6.49. The van der Waals surface area contributed by atoms with Crippen molar-refractivity contribution in [1.82, 2.24) is 0 Å². The lowest BCUT2D eigenvalue weighted by Gasteiger charge is -2.17. The van der Waals surface area contributed by atoms with Gasteiger partial charge in [-0.3, -0.25) is 0 Å². The fourth-order valence-electron chi connectivity index (χ4n) is 3.78. The molecule has 1 atom stereocenters. The van der Waals surface area contributed by atoms with E-state index in [1.165, 1.54) is 50.7 Å². The van der Waals surface area contributed by atoms with E-state index >= 15 is 0 Å². The van der Waals surface area contributed by atoms with Crippen molar-refractivity contribution in [2.75, 3.05) is 0 Å². The molecule has 0 radical (unpaired) electrons. The highest BCUT2D eigenvalue weighted by atomic mass is 14.2. The minimum Gasteiger partial charge on any atom is -0.0654 e. The van der Waals surface area contributed by atoms with Gasteiger partial charge in [-0.2, -0.15) is 0 Å². The molecule has 0 heterocycles. The Hall–Kier alpha value is -2.08. The van der Waals surface area contributed by atoms with Gasteiger partial charge < -0.3 is 0 Å². The van der Waals surface area contributed by atoms with Crippen LogP contribution in [0.2, 0.25) is 0 Å².